The van der Waals surface area contributed by atoms with Crippen LogP contribution in [0.25, 0.3) is 10.9 Å². The molecule has 2 aromatic carbocycles. The molecule has 1 aliphatic heterocycles. The van der Waals surface area contributed by atoms with Gasteiger partial charge in [-0.15, -0.1) is 0 Å². The number of alkyl halides is 3. The maximum Gasteiger partial charge on any atom is 0.416 e. The maximum absolute atomic E-state index is 13.3. The molecule has 0 bridgehead atoms. The molecule has 0 atom stereocenters. The van der Waals surface area contributed by atoms with Crippen LogP contribution < -0.4 is 5.43 Å². The van der Waals surface area contributed by atoms with Crippen molar-refractivity contribution < 1.29 is 26.4 Å². The first-order chi connectivity index (χ1) is 16.3. The van der Waals surface area contributed by atoms with Crippen LogP contribution in [0.3, 0.4) is 0 Å². The number of carbonyl (C=O) groups is 1. The molecule has 1 N–H and O–H groups in total. The van der Waals surface area contributed by atoms with E-state index in [-0.39, 0.29) is 34.9 Å². The fourth-order valence-corrected chi connectivity index (χ4v) is 6.46. The van der Waals surface area contributed by atoms with Crippen molar-refractivity contribution in [2.24, 2.45) is 5.92 Å². The molecule has 1 saturated heterocycles. The first-order valence-corrected chi connectivity index (χ1v) is 12.6. The molecule has 4 rings (SSSR count). The number of aromatic amines is 1. The molecule has 0 unspecified atom stereocenters. The summed E-state index contributed by atoms with van der Waals surface area (Å²) in [4.78, 5) is 29.9. The third-order valence-corrected chi connectivity index (χ3v) is 9.54. The molecule has 1 amide bonds. The lowest BCUT2D eigenvalue weighted by Gasteiger charge is -2.40. The van der Waals surface area contributed by atoms with Crippen LogP contribution in [0.5, 0.6) is 0 Å². The summed E-state index contributed by atoms with van der Waals surface area (Å²) in [5, 5.41) is 0.404. The smallest absolute Gasteiger partial charge is 0.360 e. The van der Waals surface area contributed by atoms with E-state index in [1.165, 1.54) is 31.0 Å². The lowest BCUT2D eigenvalue weighted by atomic mass is 9.85. The Bertz CT molecular complexity index is 1440. The molecule has 6 nitrogen and oxygen atoms in total. The van der Waals surface area contributed by atoms with E-state index in [1.807, 2.05) is 0 Å². The van der Waals surface area contributed by atoms with Gasteiger partial charge in [0.15, 0.2) is 9.84 Å². The van der Waals surface area contributed by atoms with E-state index in [4.69, 9.17) is 0 Å². The van der Waals surface area contributed by atoms with Crippen molar-refractivity contribution in [3.05, 3.63) is 76.1 Å². The fourth-order valence-electron chi connectivity index (χ4n) is 4.64. The first-order valence-electron chi connectivity index (χ1n) is 11.2. The van der Waals surface area contributed by atoms with E-state index in [2.05, 4.69) is 4.98 Å². The number of nitrogens with one attached hydrogen (secondary N) is 1. The number of fused-ring (bicyclic) bond motifs is 1. The minimum Gasteiger partial charge on any atom is -0.360 e. The van der Waals surface area contributed by atoms with Gasteiger partial charge in [0.2, 0.25) is 5.43 Å². The van der Waals surface area contributed by atoms with Crippen molar-refractivity contribution in [3.8, 4) is 0 Å². The molecular weight excluding hydrogens is 481 g/mol. The summed E-state index contributed by atoms with van der Waals surface area (Å²) in [5.41, 5.74) is -0.762. The topological polar surface area (TPSA) is 87.3 Å². The normalized spacial score (nSPS) is 16.0. The predicted octanol–water partition coefficient (Wildman–Crippen LogP) is 4.65. The number of amides is 1. The Morgan fingerprint density at radius 2 is 1.69 bits per heavy atom. The van der Waals surface area contributed by atoms with Gasteiger partial charge in [-0.3, -0.25) is 9.59 Å². The number of carbonyl (C=O) groups excluding carboxylic acids is 1. The Labute approximate surface area is 200 Å². The standard InChI is InChI=1S/C25H25F3N2O4S/c1-24(2,35(33,34)18-7-5-6-17(14-18)25(26,27)28)16-10-12-30(13-11-16)23(32)20-15-29-21-9-4-3-8-19(21)22(20)31/h3-9,14-16H,10-13H2,1-2H3,(H,29,31). The molecule has 10 heteroatoms. The Balaban J connectivity index is 1.52. The highest BCUT2D eigenvalue weighted by Gasteiger charge is 2.45. The number of hydrogen-bond donors (Lipinski definition) is 1. The van der Waals surface area contributed by atoms with E-state index >= 15 is 0 Å². The molecule has 0 spiro atoms. The van der Waals surface area contributed by atoms with Crippen LogP contribution in [0.4, 0.5) is 13.2 Å². The molecule has 186 valence electrons. The molecule has 1 fully saturated rings. The second-order valence-electron chi connectivity index (χ2n) is 9.28. The van der Waals surface area contributed by atoms with Crippen molar-refractivity contribution in [2.75, 3.05) is 13.1 Å². The lowest BCUT2D eigenvalue weighted by Crippen LogP contribution is -2.48. The number of halogens is 3. The summed E-state index contributed by atoms with van der Waals surface area (Å²) in [6.45, 7) is 3.49. The SMILES string of the molecule is CC(C)(C1CCN(C(=O)c2c[nH]c3ccccc3c2=O)CC1)S(=O)(=O)c1cccc(C(F)(F)F)c1. The van der Waals surface area contributed by atoms with Gasteiger partial charge in [0.05, 0.1) is 15.2 Å². The Morgan fingerprint density at radius 3 is 2.34 bits per heavy atom. The van der Waals surface area contributed by atoms with Gasteiger partial charge >= 0.3 is 6.18 Å². The summed E-state index contributed by atoms with van der Waals surface area (Å²) in [7, 11) is -4.10. The molecule has 3 aromatic rings. The summed E-state index contributed by atoms with van der Waals surface area (Å²) < 4.78 is 64.7. The van der Waals surface area contributed by atoms with Gasteiger partial charge < -0.3 is 9.88 Å². The van der Waals surface area contributed by atoms with Gasteiger partial charge in [0.25, 0.3) is 5.91 Å². The second-order valence-corrected chi connectivity index (χ2v) is 11.8. The Kier molecular flexibility index (Phi) is 6.29. The highest BCUT2D eigenvalue weighted by atomic mass is 32.2. The molecule has 0 aliphatic carbocycles. The van der Waals surface area contributed by atoms with Gasteiger partial charge in [-0.1, -0.05) is 18.2 Å². The third kappa shape index (κ3) is 4.47. The van der Waals surface area contributed by atoms with E-state index in [0.29, 0.717) is 29.8 Å². The largest absolute Gasteiger partial charge is 0.416 e. The van der Waals surface area contributed by atoms with Crippen molar-refractivity contribution >= 4 is 26.6 Å². The summed E-state index contributed by atoms with van der Waals surface area (Å²) in [6.07, 6.45) is -2.59. The van der Waals surface area contributed by atoms with Crippen LogP contribution in [0, 0.1) is 5.92 Å². The minimum atomic E-state index is -4.65. The first kappa shape index (κ1) is 25.0. The summed E-state index contributed by atoms with van der Waals surface area (Å²) in [6, 6.07) is 10.6. The van der Waals surface area contributed by atoms with Crippen molar-refractivity contribution in [2.45, 2.75) is 42.5 Å². The molecule has 0 radical (unpaired) electrons. The summed E-state index contributed by atoms with van der Waals surface area (Å²) in [5.74, 6) is -0.824. The number of sulfone groups is 1. The zero-order valence-electron chi connectivity index (χ0n) is 19.2. The van der Waals surface area contributed by atoms with E-state index in [1.54, 1.807) is 24.3 Å². The number of nitrogens with zero attached hydrogens (tertiary/aromatic N) is 1. The van der Waals surface area contributed by atoms with E-state index in [0.717, 1.165) is 12.1 Å². The molecule has 1 aliphatic rings. The van der Waals surface area contributed by atoms with Crippen LogP contribution >= 0.6 is 0 Å². The number of aromatic nitrogens is 1. The monoisotopic (exact) mass is 506 g/mol. The zero-order valence-corrected chi connectivity index (χ0v) is 20.0. The van der Waals surface area contributed by atoms with Gasteiger partial charge in [-0.2, -0.15) is 13.2 Å². The van der Waals surface area contributed by atoms with Crippen LogP contribution in [0.2, 0.25) is 0 Å². The maximum atomic E-state index is 13.3. The quantitative estimate of drug-likeness (QED) is 0.558. The Hall–Kier alpha value is -3.14. The number of H-pyrrole nitrogens is 1. The molecule has 0 saturated carbocycles. The van der Waals surface area contributed by atoms with Crippen LogP contribution in [-0.4, -0.2) is 42.0 Å². The number of pyridine rings is 1. The highest BCUT2D eigenvalue weighted by molar-refractivity contribution is 7.92. The van der Waals surface area contributed by atoms with Gasteiger partial charge in [0, 0.05) is 30.2 Å². The summed E-state index contributed by atoms with van der Waals surface area (Å²) >= 11 is 0. The van der Waals surface area contributed by atoms with Gasteiger partial charge in [-0.05, 0) is 62.9 Å². The number of hydrogen-bond acceptors (Lipinski definition) is 4. The Morgan fingerprint density at radius 1 is 1.03 bits per heavy atom. The second kappa shape index (κ2) is 8.82. The van der Waals surface area contributed by atoms with Gasteiger partial charge in [0.1, 0.15) is 5.56 Å². The number of benzene rings is 2. The minimum absolute atomic E-state index is 0.0120. The van der Waals surface area contributed by atoms with E-state index in [9.17, 15) is 31.2 Å². The average Bonchev–Trinajstić information content (AvgIpc) is 2.83. The van der Waals surface area contributed by atoms with Crippen LogP contribution in [0.1, 0.15) is 42.6 Å². The number of para-hydroxylation sites is 1. The van der Waals surface area contributed by atoms with Crippen molar-refractivity contribution in [1.82, 2.24) is 9.88 Å². The van der Waals surface area contributed by atoms with Crippen molar-refractivity contribution in [3.63, 3.8) is 0 Å². The van der Waals surface area contributed by atoms with Gasteiger partial charge in [-0.25, -0.2) is 8.42 Å². The van der Waals surface area contributed by atoms with Crippen LogP contribution in [0.15, 0.2) is 64.4 Å². The molecular formula is C25H25F3N2O4S. The molecule has 2 heterocycles. The highest BCUT2D eigenvalue weighted by Crippen LogP contribution is 2.39. The average molecular weight is 507 g/mol. The van der Waals surface area contributed by atoms with E-state index < -0.39 is 32.2 Å². The fraction of sp³-hybridized carbons (Fsp3) is 0.360. The zero-order chi connectivity index (χ0) is 25.6. The molecule has 1 aromatic heterocycles. The third-order valence-electron chi connectivity index (χ3n) is 6.95. The van der Waals surface area contributed by atoms with Crippen LogP contribution in [-0.2, 0) is 16.0 Å². The lowest BCUT2D eigenvalue weighted by molar-refractivity contribution is -0.137. The predicted molar refractivity (Wildman–Crippen MR) is 126 cm³/mol. The molecule has 35 heavy (non-hydrogen) atoms. The van der Waals surface area contributed by atoms with Crippen molar-refractivity contribution in [1.29, 1.82) is 0 Å². The number of likely N-dealkylation sites (tertiary alicyclic amines) is 1. The number of piperidine rings is 1. The number of rotatable bonds is 4.